The van der Waals surface area contributed by atoms with Crippen LogP contribution in [-0.4, -0.2) is 85.4 Å². The summed E-state index contributed by atoms with van der Waals surface area (Å²) in [6.45, 7) is 7.45. The van der Waals surface area contributed by atoms with Gasteiger partial charge in [-0.3, -0.25) is 9.69 Å². The minimum Gasteiger partial charge on any atom is -0.439 e. The lowest BCUT2D eigenvalue weighted by molar-refractivity contribution is -0.128. The molecule has 0 saturated carbocycles. The average molecular weight is 612 g/mol. The molecule has 5 heterocycles. The van der Waals surface area contributed by atoms with E-state index in [1.54, 1.807) is 33.9 Å². The second-order valence-electron chi connectivity index (χ2n) is 11.6. The number of likely N-dealkylation sites (tertiary alicyclic amines) is 1. The predicted octanol–water partition coefficient (Wildman–Crippen LogP) is 4.13. The van der Waals surface area contributed by atoms with Crippen molar-refractivity contribution in [2.45, 2.75) is 38.3 Å². The number of aromatic nitrogens is 5. The summed E-state index contributed by atoms with van der Waals surface area (Å²) in [7, 11) is 0. The molecule has 0 spiro atoms. The molecule has 45 heavy (non-hydrogen) atoms. The Balaban J connectivity index is 1.28. The Morgan fingerprint density at radius 3 is 2.67 bits per heavy atom. The summed E-state index contributed by atoms with van der Waals surface area (Å²) in [5.74, 6) is -0.354. The summed E-state index contributed by atoms with van der Waals surface area (Å²) >= 11 is 0. The van der Waals surface area contributed by atoms with Gasteiger partial charge in [-0.05, 0) is 51.0 Å². The van der Waals surface area contributed by atoms with Gasteiger partial charge in [0.05, 0.1) is 30.2 Å². The number of rotatable bonds is 7. The number of carbonyl (C=O) groups excluding carboxylic acids is 1. The fourth-order valence-electron chi connectivity index (χ4n) is 5.93. The third-order valence-electron chi connectivity index (χ3n) is 8.27. The van der Waals surface area contributed by atoms with E-state index in [0.717, 1.165) is 13.1 Å². The van der Waals surface area contributed by atoms with E-state index in [0.29, 0.717) is 55.9 Å². The Morgan fingerprint density at radius 2 is 1.93 bits per heavy atom. The molecule has 2 N–H and O–H groups in total. The molecule has 6 rings (SSSR count). The number of piperidine rings is 1. The van der Waals surface area contributed by atoms with Crippen LogP contribution in [0.5, 0.6) is 11.6 Å². The molecule has 1 aromatic carbocycles. The number of fused-ring (bicyclic) bond motifs is 1. The standard InChI is InChI=1S/C32H34FN9O3/c1-32(2,41-13-15-44-16-14-41)17-21(18-34)31(43)40-12-6-7-22(19-40)42-30-26(29(35)36-20-37-30)27(39-42)24-10-11-25(38-28(24)33)45-23-8-4-3-5-9-23/h3-5,8-11,17,20,22H,6-7,12-16,19H2,1-2H3,(H2,35,36,37)/t22-/m1/s1. The number of hydrogen-bond acceptors (Lipinski definition) is 10. The van der Waals surface area contributed by atoms with Crippen molar-refractivity contribution in [2.75, 3.05) is 45.1 Å². The zero-order valence-corrected chi connectivity index (χ0v) is 25.2. The van der Waals surface area contributed by atoms with E-state index in [1.807, 2.05) is 32.0 Å². The molecular formula is C32H34FN9O3. The van der Waals surface area contributed by atoms with Crippen LogP contribution in [0.2, 0.25) is 0 Å². The van der Waals surface area contributed by atoms with Crippen molar-refractivity contribution in [3.05, 3.63) is 66.4 Å². The third kappa shape index (κ3) is 6.20. The average Bonchev–Trinajstić information content (AvgIpc) is 3.45. The van der Waals surface area contributed by atoms with E-state index in [4.69, 9.17) is 20.3 Å². The van der Waals surface area contributed by atoms with Crippen molar-refractivity contribution >= 4 is 22.8 Å². The number of nitrogens with two attached hydrogens (primary N) is 1. The number of nitrogens with zero attached hydrogens (tertiary/aromatic N) is 8. The summed E-state index contributed by atoms with van der Waals surface area (Å²) < 4.78 is 28.3. The molecule has 2 saturated heterocycles. The number of anilines is 1. The lowest BCUT2D eigenvalue weighted by Crippen LogP contribution is -2.49. The summed E-state index contributed by atoms with van der Waals surface area (Å²) in [5.41, 5.74) is 6.66. The number of morpholine rings is 1. The van der Waals surface area contributed by atoms with E-state index >= 15 is 4.39 Å². The van der Waals surface area contributed by atoms with Crippen molar-refractivity contribution in [1.29, 1.82) is 5.26 Å². The molecule has 0 radical (unpaired) electrons. The zero-order valence-electron chi connectivity index (χ0n) is 25.2. The molecule has 13 heteroatoms. The van der Waals surface area contributed by atoms with Gasteiger partial charge < -0.3 is 20.1 Å². The fraction of sp³-hybridized carbons (Fsp3) is 0.375. The van der Waals surface area contributed by atoms with Gasteiger partial charge in [-0.2, -0.15) is 19.7 Å². The molecule has 12 nitrogen and oxygen atoms in total. The first kappa shape index (κ1) is 30.1. The largest absolute Gasteiger partial charge is 0.439 e. The van der Waals surface area contributed by atoms with Gasteiger partial charge in [-0.25, -0.2) is 14.6 Å². The van der Waals surface area contributed by atoms with Crippen LogP contribution in [0.4, 0.5) is 10.2 Å². The van der Waals surface area contributed by atoms with Gasteiger partial charge in [0.2, 0.25) is 11.8 Å². The van der Waals surface area contributed by atoms with Crippen molar-refractivity contribution in [2.24, 2.45) is 0 Å². The van der Waals surface area contributed by atoms with Gasteiger partial charge in [-0.15, -0.1) is 0 Å². The van der Waals surface area contributed by atoms with Crippen molar-refractivity contribution in [1.82, 2.24) is 34.5 Å². The van der Waals surface area contributed by atoms with Crippen molar-refractivity contribution in [3.63, 3.8) is 0 Å². The molecule has 4 aromatic rings. The Morgan fingerprint density at radius 1 is 1.16 bits per heavy atom. The first-order chi connectivity index (χ1) is 21.7. The van der Waals surface area contributed by atoms with Crippen LogP contribution >= 0.6 is 0 Å². The topological polar surface area (TPSA) is 148 Å². The van der Waals surface area contributed by atoms with E-state index in [2.05, 4.69) is 25.9 Å². The number of nitrogen functional groups attached to an aromatic ring is 1. The minimum atomic E-state index is -0.787. The highest BCUT2D eigenvalue weighted by atomic mass is 19.1. The highest BCUT2D eigenvalue weighted by Gasteiger charge is 2.33. The molecule has 1 amide bonds. The molecule has 0 bridgehead atoms. The molecular weight excluding hydrogens is 577 g/mol. The van der Waals surface area contributed by atoms with Gasteiger partial charge >= 0.3 is 0 Å². The summed E-state index contributed by atoms with van der Waals surface area (Å²) in [6.07, 6.45) is 4.46. The smallest absolute Gasteiger partial charge is 0.264 e. The summed E-state index contributed by atoms with van der Waals surface area (Å²) in [4.78, 5) is 30.1. The SMILES string of the molecule is CC(C)(C=C(C#N)C(=O)N1CCC[C@@H](n2nc(-c3ccc(Oc4ccccc4)nc3F)c3c(N)ncnc32)C1)N1CCOCC1. The first-order valence-corrected chi connectivity index (χ1v) is 14.9. The van der Waals surface area contributed by atoms with Gasteiger partial charge in [0.15, 0.2) is 5.65 Å². The van der Waals surface area contributed by atoms with Gasteiger partial charge in [-0.1, -0.05) is 18.2 Å². The highest BCUT2D eigenvalue weighted by molar-refractivity contribution is 5.99. The molecule has 232 valence electrons. The summed E-state index contributed by atoms with van der Waals surface area (Å²) in [6, 6.07) is 13.9. The molecule has 3 aromatic heterocycles. The van der Waals surface area contributed by atoms with Crippen LogP contribution in [0, 0.1) is 17.3 Å². The normalized spacial score (nSPS) is 18.1. The van der Waals surface area contributed by atoms with Crippen LogP contribution in [0.25, 0.3) is 22.3 Å². The predicted molar refractivity (Wildman–Crippen MR) is 164 cm³/mol. The number of ether oxygens (including phenoxy) is 2. The Bertz CT molecular complexity index is 1780. The Hall–Kier alpha value is -4.93. The van der Waals surface area contributed by atoms with Crippen LogP contribution in [-0.2, 0) is 9.53 Å². The monoisotopic (exact) mass is 611 g/mol. The summed E-state index contributed by atoms with van der Waals surface area (Å²) in [5, 5.41) is 15.2. The van der Waals surface area contributed by atoms with Gasteiger partial charge in [0.1, 0.15) is 35.2 Å². The van der Waals surface area contributed by atoms with E-state index in [1.165, 1.54) is 12.4 Å². The number of pyridine rings is 1. The molecule has 0 aliphatic carbocycles. The Labute approximate surface area is 259 Å². The van der Waals surface area contributed by atoms with E-state index in [-0.39, 0.29) is 40.5 Å². The lowest BCUT2D eigenvalue weighted by atomic mass is 9.97. The van der Waals surface area contributed by atoms with E-state index < -0.39 is 11.5 Å². The van der Waals surface area contributed by atoms with Crippen LogP contribution in [0.15, 0.2) is 60.4 Å². The van der Waals surface area contributed by atoms with Crippen LogP contribution < -0.4 is 10.5 Å². The Kier molecular flexibility index (Phi) is 8.42. The zero-order chi connectivity index (χ0) is 31.6. The second kappa shape index (κ2) is 12.6. The second-order valence-corrected chi connectivity index (χ2v) is 11.6. The van der Waals surface area contributed by atoms with Crippen molar-refractivity contribution in [3.8, 4) is 29.0 Å². The molecule has 2 aliphatic rings. The fourth-order valence-corrected chi connectivity index (χ4v) is 5.93. The number of benzene rings is 1. The van der Waals surface area contributed by atoms with Crippen molar-refractivity contribution < 1.29 is 18.7 Å². The highest BCUT2D eigenvalue weighted by Crippen LogP contribution is 2.35. The lowest BCUT2D eigenvalue weighted by Gasteiger charge is -2.39. The van der Waals surface area contributed by atoms with Crippen LogP contribution in [0.1, 0.15) is 32.7 Å². The van der Waals surface area contributed by atoms with Gasteiger partial charge in [0, 0.05) is 37.8 Å². The third-order valence-corrected chi connectivity index (χ3v) is 8.27. The first-order valence-electron chi connectivity index (χ1n) is 14.9. The minimum absolute atomic E-state index is 0.0926. The number of halogens is 1. The molecule has 1 atom stereocenters. The number of amides is 1. The maximum absolute atomic E-state index is 15.5. The molecule has 0 unspecified atom stereocenters. The number of para-hydroxylation sites is 1. The number of nitriles is 1. The number of carbonyl (C=O) groups is 1. The maximum Gasteiger partial charge on any atom is 0.264 e. The quantitative estimate of drug-likeness (QED) is 0.184. The maximum atomic E-state index is 15.5. The van der Waals surface area contributed by atoms with Gasteiger partial charge in [0.25, 0.3) is 5.91 Å². The van der Waals surface area contributed by atoms with Crippen LogP contribution in [0.3, 0.4) is 0 Å². The van der Waals surface area contributed by atoms with E-state index in [9.17, 15) is 10.1 Å². The molecule has 2 aliphatic heterocycles. The molecule has 2 fully saturated rings. The number of hydrogen-bond donors (Lipinski definition) is 1.